The first kappa shape index (κ1) is 32.4. The van der Waals surface area contributed by atoms with Crippen LogP contribution in [0.5, 0.6) is 11.5 Å². The maximum Gasteiger partial charge on any atom is 0.338 e. The number of H-pyrrole nitrogens is 1. The molecule has 1 aliphatic rings. The molecule has 0 aliphatic carbocycles. The summed E-state index contributed by atoms with van der Waals surface area (Å²) in [7, 11) is 2.99. The second-order valence-electron chi connectivity index (χ2n) is 10.4. The van der Waals surface area contributed by atoms with Crippen LogP contribution in [0, 0.1) is 17.0 Å². The zero-order chi connectivity index (χ0) is 33.3. The highest BCUT2D eigenvalue weighted by molar-refractivity contribution is 7.99. The highest BCUT2D eigenvalue weighted by Crippen LogP contribution is 2.38. The molecule has 1 atom stereocenters. The average molecular weight is 664 g/mol. The number of hydrogen-bond acceptors (Lipinski definition) is 12. The molecular formula is C31H29N5O8S2. The van der Waals surface area contributed by atoms with E-state index in [0.29, 0.717) is 38.8 Å². The predicted molar refractivity (Wildman–Crippen MR) is 171 cm³/mol. The predicted octanol–water partition coefficient (Wildman–Crippen LogP) is 3.66. The third kappa shape index (κ3) is 6.50. The molecule has 46 heavy (non-hydrogen) atoms. The van der Waals surface area contributed by atoms with Crippen molar-refractivity contribution in [1.82, 2.24) is 14.5 Å². The Morgan fingerprint density at radius 3 is 2.54 bits per heavy atom. The summed E-state index contributed by atoms with van der Waals surface area (Å²) < 4.78 is 18.3. The molecule has 0 saturated heterocycles. The van der Waals surface area contributed by atoms with Crippen LogP contribution in [0.15, 0.2) is 78.4 Å². The molecule has 0 saturated carbocycles. The zero-order valence-electron chi connectivity index (χ0n) is 25.6. The average Bonchev–Trinajstić information content (AvgIpc) is 3.29. The third-order valence-electron chi connectivity index (χ3n) is 6.85. The van der Waals surface area contributed by atoms with Gasteiger partial charge in [0, 0.05) is 23.4 Å². The Bertz CT molecular complexity index is 2150. The number of carbonyl (C=O) groups excluding carboxylic acids is 1. The fourth-order valence-corrected chi connectivity index (χ4v) is 6.89. The number of aromatic nitrogens is 3. The van der Waals surface area contributed by atoms with Crippen LogP contribution in [-0.4, -0.2) is 45.8 Å². The lowest BCUT2D eigenvalue weighted by molar-refractivity contribution is -0.387. The fraction of sp³-hybridized carbons (Fsp3) is 0.258. The number of aromatic amines is 1. The van der Waals surface area contributed by atoms with E-state index >= 15 is 0 Å². The number of ether oxygens (including phenoxy) is 3. The lowest BCUT2D eigenvalue weighted by atomic mass is 9.94. The van der Waals surface area contributed by atoms with Gasteiger partial charge in [-0.2, -0.15) is 0 Å². The quantitative estimate of drug-likeness (QED) is 0.121. The van der Waals surface area contributed by atoms with E-state index in [0.717, 1.165) is 23.1 Å². The van der Waals surface area contributed by atoms with Crippen LogP contribution in [0.1, 0.15) is 43.6 Å². The Balaban J connectivity index is 1.67. The normalized spacial score (nSPS) is 14.6. The number of aryl methyl sites for hydroxylation is 1. The summed E-state index contributed by atoms with van der Waals surface area (Å²) in [6, 6.07) is 9.94. The maximum atomic E-state index is 14.1. The molecule has 3 heterocycles. The number of nitrogens with one attached hydrogen (secondary N) is 1. The van der Waals surface area contributed by atoms with Crippen LogP contribution in [-0.2, 0) is 9.53 Å². The minimum Gasteiger partial charge on any atom is -0.497 e. The number of hydrogen-bond donors (Lipinski definition) is 1. The summed E-state index contributed by atoms with van der Waals surface area (Å²) in [5, 5.41) is 12.3. The molecule has 4 aromatic rings. The number of rotatable bonds is 9. The molecule has 0 amide bonds. The van der Waals surface area contributed by atoms with Gasteiger partial charge in [-0.05, 0) is 75.4 Å². The van der Waals surface area contributed by atoms with Crippen molar-refractivity contribution < 1.29 is 23.9 Å². The number of allylic oxidation sites excluding steroid dienone is 1. The lowest BCUT2D eigenvalue weighted by Crippen LogP contribution is -2.40. The SMILES string of the molecule is COc1ccc(OC)c([C@H]2C(C(=O)OC(C)C)=C(C)N=c3s/c(=C\c4ccc(Sc5nc(C)cc(=O)[nH]5)c([N+](=O)[O-])c4)c(=O)n32)c1. The molecule has 5 rings (SSSR count). The number of methoxy groups -OCH3 is 2. The number of nitrogens with zero attached hydrogens (tertiary/aromatic N) is 4. The van der Waals surface area contributed by atoms with Gasteiger partial charge in [0.1, 0.15) is 17.5 Å². The number of nitro groups is 1. The fourth-order valence-electron chi connectivity index (χ4n) is 4.92. The van der Waals surface area contributed by atoms with Crippen molar-refractivity contribution in [3.63, 3.8) is 0 Å². The zero-order valence-corrected chi connectivity index (χ0v) is 27.3. The maximum absolute atomic E-state index is 14.1. The Morgan fingerprint density at radius 1 is 1.13 bits per heavy atom. The summed E-state index contributed by atoms with van der Waals surface area (Å²) in [6.45, 7) is 6.77. The summed E-state index contributed by atoms with van der Waals surface area (Å²) >= 11 is 2.03. The number of fused-ring (bicyclic) bond motifs is 1. The van der Waals surface area contributed by atoms with Gasteiger partial charge >= 0.3 is 5.97 Å². The molecule has 0 unspecified atom stereocenters. The van der Waals surface area contributed by atoms with Crippen molar-refractivity contribution in [2.75, 3.05) is 14.2 Å². The standard InChI is InChI=1S/C31H29N5O8S2/c1-15(2)44-29(39)26-17(4)33-31-35(27(26)20-14-19(42-5)8-9-22(20)43-6)28(38)24(46-31)13-18-7-10-23(21(12-18)36(40)41)45-30-32-16(3)11-25(37)34-30/h7-15,27H,1-6H3,(H,32,34,37)/b24-13-/t27-/m0/s1. The molecule has 1 N–H and O–H groups in total. The van der Waals surface area contributed by atoms with Gasteiger partial charge in [-0.15, -0.1) is 0 Å². The molecule has 15 heteroatoms. The van der Waals surface area contributed by atoms with Crippen LogP contribution in [0.2, 0.25) is 0 Å². The molecule has 0 radical (unpaired) electrons. The largest absolute Gasteiger partial charge is 0.497 e. The monoisotopic (exact) mass is 663 g/mol. The Hall–Kier alpha value is -5.02. The minimum absolute atomic E-state index is 0.166. The lowest BCUT2D eigenvalue weighted by Gasteiger charge is -2.26. The van der Waals surface area contributed by atoms with Gasteiger partial charge < -0.3 is 19.2 Å². The summed E-state index contributed by atoms with van der Waals surface area (Å²) in [6.07, 6.45) is 1.10. The van der Waals surface area contributed by atoms with E-state index < -0.39 is 28.6 Å². The number of esters is 1. The summed E-state index contributed by atoms with van der Waals surface area (Å²) in [4.78, 5) is 62.9. The smallest absolute Gasteiger partial charge is 0.338 e. The van der Waals surface area contributed by atoms with E-state index in [4.69, 9.17) is 14.2 Å². The first-order chi connectivity index (χ1) is 21.9. The number of thiazole rings is 1. The summed E-state index contributed by atoms with van der Waals surface area (Å²) in [5.41, 5.74) is 0.809. The third-order valence-corrected chi connectivity index (χ3v) is 8.78. The van der Waals surface area contributed by atoms with Crippen LogP contribution in [0.3, 0.4) is 0 Å². The van der Waals surface area contributed by atoms with Gasteiger partial charge in [0.15, 0.2) is 9.96 Å². The van der Waals surface area contributed by atoms with E-state index in [2.05, 4.69) is 15.0 Å². The van der Waals surface area contributed by atoms with Crippen LogP contribution < -0.4 is 29.9 Å². The van der Waals surface area contributed by atoms with Crippen molar-refractivity contribution >= 4 is 40.8 Å². The van der Waals surface area contributed by atoms with Gasteiger partial charge in [-0.3, -0.25) is 24.3 Å². The van der Waals surface area contributed by atoms with Crippen LogP contribution in [0.4, 0.5) is 5.69 Å². The van der Waals surface area contributed by atoms with Gasteiger partial charge in [-0.25, -0.2) is 14.8 Å². The highest BCUT2D eigenvalue weighted by atomic mass is 32.2. The van der Waals surface area contributed by atoms with E-state index in [9.17, 15) is 24.5 Å². The van der Waals surface area contributed by atoms with E-state index in [-0.39, 0.29) is 31.4 Å². The number of benzene rings is 2. The molecule has 2 aromatic carbocycles. The van der Waals surface area contributed by atoms with Crippen molar-refractivity contribution in [3.8, 4) is 11.5 Å². The van der Waals surface area contributed by atoms with Gasteiger partial charge in [0.05, 0.1) is 45.9 Å². The van der Waals surface area contributed by atoms with Gasteiger partial charge in [-0.1, -0.05) is 17.4 Å². The molecule has 0 fully saturated rings. The molecule has 1 aliphatic heterocycles. The van der Waals surface area contributed by atoms with E-state index in [1.807, 2.05) is 0 Å². The Morgan fingerprint density at radius 2 is 1.89 bits per heavy atom. The molecule has 0 spiro atoms. The molecule has 0 bridgehead atoms. The Labute approximate surface area is 270 Å². The van der Waals surface area contributed by atoms with Crippen LogP contribution in [0.25, 0.3) is 6.08 Å². The number of nitro benzene ring substituents is 1. The first-order valence-corrected chi connectivity index (χ1v) is 15.5. The minimum atomic E-state index is -0.966. The van der Waals surface area contributed by atoms with Crippen molar-refractivity contribution in [3.05, 3.63) is 111 Å². The second-order valence-corrected chi connectivity index (χ2v) is 12.5. The van der Waals surface area contributed by atoms with E-state index in [1.165, 1.54) is 43.1 Å². The Kier molecular flexibility index (Phi) is 9.25. The van der Waals surface area contributed by atoms with Gasteiger partial charge in [0.2, 0.25) is 0 Å². The van der Waals surface area contributed by atoms with E-state index in [1.54, 1.807) is 52.0 Å². The molecule has 2 aromatic heterocycles. The molecular weight excluding hydrogens is 635 g/mol. The topological polar surface area (TPSA) is 168 Å². The van der Waals surface area contributed by atoms with Crippen molar-refractivity contribution in [2.24, 2.45) is 4.99 Å². The van der Waals surface area contributed by atoms with Crippen LogP contribution >= 0.6 is 23.1 Å². The number of carbonyl (C=O) groups is 1. The van der Waals surface area contributed by atoms with Gasteiger partial charge in [0.25, 0.3) is 16.8 Å². The van der Waals surface area contributed by atoms with Crippen molar-refractivity contribution in [2.45, 2.75) is 49.9 Å². The first-order valence-electron chi connectivity index (χ1n) is 13.9. The summed E-state index contributed by atoms with van der Waals surface area (Å²) in [5.74, 6) is 0.269. The highest BCUT2D eigenvalue weighted by Gasteiger charge is 2.36. The molecule has 13 nitrogen and oxygen atoms in total. The molecule has 238 valence electrons. The van der Waals surface area contributed by atoms with Crippen molar-refractivity contribution in [1.29, 1.82) is 0 Å². The second kappa shape index (κ2) is 13.1.